The molecule has 0 spiro atoms. The molecule has 0 aliphatic rings. The van der Waals surface area contributed by atoms with Gasteiger partial charge in [-0.2, -0.15) is 0 Å². The summed E-state index contributed by atoms with van der Waals surface area (Å²) in [6.07, 6.45) is 1.05. The molecule has 0 saturated carbocycles. The molecule has 0 fully saturated rings. The van der Waals surface area contributed by atoms with Crippen LogP contribution in [0.3, 0.4) is 0 Å². The Hall–Kier alpha value is -1.06. The van der Waals surface area contributed by atoms with E-state index >= 15 is 0 Å². The second-order valence-corrected chi connectivity index (χ2v) is 6.45. The number of hydrogen-bond acceptors (Lipinski definition) is 2. The molecule has 0 heterocycles. The van der Waals surface area contributed by atoms with Gasteiger partial charge < -0.3 is 10.4 Å². The summed E-state index contributed by atoms with van der Waals surface area (Å²) in [7, 11) is 0. The number of halogens is 1. The first-order chi connectivity index (χ1) is 8.80. The molecule has 0 bridgehead atoms. The lowest BCUT2D eigenvalue weighted by Crippen LogP contribution is -2.40. The fourth-order valence-corrected chi connectivity index (χ4v) is 2.09. The number of benzene rings is 1. The van der Waals surface area contributed by atoms with Crippen LogP contribution in [-0.2, 0) is 11.2 Å². The van der Waals surface area contributed by atoms with Crippen molar-refractivity contribution in [1.82, 2.24) is 5.32 Å². The van der Waals surface area contributed by atoms with Gasteiger partial charge in [-0.05, 0) is 29.5 Å². The van der Waals surface area contributed by atoms with Gasteiger partial charge in [0.15, 0.2) is 0 Å². The minimum atomic E-state index is -0.195. The molecule has 1 amide bonds. The van der Waals surface area contributed by atoms with E-state index in [-0.39, 0.29) is 24.0 Å². The topological polar surface area (TPSA) is 49.3 Å². The highest BCUT2D eigenvalue weighted by molar-refractivity contribution is 6.30. The Bertz CT molecular complexity index is 409. The van der Waals surface area contributed by atoms with Crippen LogP contribution in [0.25, 0.3) is 0 Å². The lowest BCUT2D eigenvalue weighted by molar-refractivity contribution is -0.121. The Morgan fingerprint density at radius 2 is 1.89 bits per heavy atom. The molecule has 0 aliphatic heterocycles. The number of hydrogen-bond donors (Lipinski definition) is 2. The van der Waals surface area contributed by atoms with Crippen molar-refractivity contribution >= 4 is 17.5 Å². The minimum absolute atomic E-state index is 0.0381. The minimum Gasteiger partial charge on any atom is -0.394 e. The first-order valence-corrected chi connectivity index (χ1v) is 6.82. The van der Waals surface area contributed by atoms with Crippen molar-refractivity contribution in [1.29, 1.82) is 0 Å². The largest absolute Gasteiger partial charge is 0.394 e. The van der Waals surface area contributed by atoms with Crippen LogP contribution in [0.5, 0.6) is 0 Å². The number of rotatable bonds is 5. The van der Waals surface area contributed by atoms with E-state index in [0.717, 1.165) is 12.0 Å². The lowest BCUT2D eigenvalue weighted by Gasteiger charge is -2.25. The van der Waals surface area contributed by atoms with E-state index in [1.54, 1.807) is 12.1 Å². The number of carbonyl (C=O) groups excluding carboxylic acids is 1. The molecule has 1 aromatic rings. The molecule has 1 aromatic carbocycles. The maximum absolute atomic E-state index is 11.9. The zero-order valence-electron chi connectivity index (χ0n) is 11.7. The van der Waals surface area contributed by atoms with Gasteiger partial charge in [0.2, 0.25) is 5.91 Å². The maximum atomic E-state index is 11.9. The van der Waals surface area contributed by atoms with E-state index in [4.69, 9.17) is 11.6 Å². The highest BCUT2D eigenvalue weighted by atomic mass is 35.5. The van der Waals surface area contributed by atoms with E-state index < -0.39 is 0 Å². The van der Waals surface area contributed by atoms with Crippen LogP contribution < -0.4 is 5.32 Å². The molecule has 0 radical (unpaired) electrons. The Labute approximate surface area is 120 Å². The predicted octanol–water partition coefficient (Wildman–Crippen LogP) is 2.80. The molecule has 4 heteroatoms. The second-order valence-electron chi connectivity index (χ2n) is 6.02. The van der Waals surface area contributed by atoms with E-state index in [1.807, 2.05) is 12.1 Å². The van der Waals surface area contributed by atoms with E-state index in [1.165, 1.54) is 0 Å². The number of aliphatic hydroxyl groups excluding tert-OH is 1. The summed E-state index contributed by atoms with van der Waals surface area (Å²) in [4.78, 5) is 11.9. The van der Waals surface area contributed by atoms with Gasteiger partial charge in [-0.15, -0.1) is 0 Å². The zero-order chi connectivity index (χ0) is 14.5. The molecule has 19 heavy (non-hydrogen) atoms. The highest BCUT2D eigenvalue weighted by Crippen LogP contribution is 2.20. The molecule has 0 aromatic heterocycles. The third kappa shape index (κ3) is 6.60. The van der Waals surface area contributed by atoms with Crippen molar-refractivity contribution in [3.05, 3.63) is 34.9 Å². The molecule has 1 rings (SSSR count). The third-order valence-electron chi connectivity index (χ3n) is 2.72. The fourth-order valence-electron chi connectivity index (χ4n) is 1.97. The van der Waals surface area contributed by atoms with Gasteiger partial charge in [0, 0.05) is 5.02 Å². The smallest absolute Gasteiger partial charge is 0.224 e. The summed E-state index contributed by atoms with van der Waals surface area (Å²) in [5.74, 6) is -0.0781. The van der Waals surface area contributed by atoms with Crippen molar-refractivity contribution in [3.8, 4) is 0 Å². The molecule has 0 saturated heterocycles. The Balaban J connectivity index is 2.51. The van der Waals surface area contributed by atoms with Crippen molar-refractivity contribution in [2.45, 2.75) is 39.7 Å². The van der Waals surface area contributed by atoms with Gasteiger partial charge in [0.05, 0.1) is 19.1 Å². The molecule has 1 unspecified atom stereocenters. The van der Waals surface area contributed by atoms with Gasteiger partial charge in [0.25, 0.3) is 0 Å². The second kappa shape index (κ2) is 6.92. The molecule has 106 valence electrons. The summed E-state index contributed by atoms with van der Waals surface area (Å²) < 4.78 is 0. The van der Waals surface area contributed by atoms with Crippen LogP contribution in [-0.4, -0.2) is 23.7 Å². The maximum Gasteiger partial charge on any atom is 0.224 e. The van der Waals surface area contributed by atoms with Crippen molar-refractivity contribution in [2.75, 3.05) is 6.61 Å². The van der Waals surface area contributed by atoms with Gasteiger partial charge in [-0.3, -0.25) is 4.79 Å². The lowest BCUT2D eigenvalue weighted by atomic mass is 9.88. The van der Waals surface area contributed by atoms with Gasteiger partial charge >= 0.3 is 0 Å². The summed E-state index contributed by atoms with van der Waals surface area (Å²) in [6.45, 7) is 6.21. The number of carbonyl (C=O) groups is 1. The molecular weight excluding hydrogens is 262 g/mol. The molecule has 2 N–H and O–H groups in total. The van der Waals surface area contributed by atoms with E-state index in [2.05, 4.69) is 26.1 Å². The predicted molar refractivity (Wildman–Crippen MR) is 78.2 cm³/mol. The quantitative estimate of drug-likeness (QED) is 0.873. The molecular formula is C15H22ClNO2. The summed E-state index contributed by atoms with van der Waals surface area (Å²) in [5.41, 5.74) is 0.982. The Morgan fingerprint density at radius 3 is 2.37 bits per heavy atom. The Kier molecular flexibility index (Phi) is 5.83. The summed E-state index contributed by atoms with van der Waals surface area (Å²) >= 11 is 5.79. The van der Waals surface area contributed by atoms with Gasteiger partial charge in [-0.25, -0.2) is 0 Å². The number of nitrogens with one attached hydrogen (secondary N) is 1. The van der Waals surface area contributed by atoms with Crippen LogP contribution in [0.1, 0.15) is 32.8 Å². The van der Waals surface area contributed by atoms with Gasteiger partial charge in [0.1, 0.15) is 0 Å². The average molecular weight is 284 g/mol. The van der Waals surface area contributed by atoms with Crippen LogP contribution in [0.15, 0.2) is 24.3 Å². The number of aliphatic hydroxyl groups is 1. The van der Waals surface area contributed by atoms with Crippen molar-refractivity contribution < 1.29 is 9.90 Å². The first-order valence-electron chi connectivity index (χ1n) is 6.45. The Morgan fingerprint density at radius 1 is 1.32 bits per heavy atom. The first kappa shape index (κ1) is 16.0. The molecule has 0 aliphatic carbocycles. The summed E-state index contributed by atoms with van der Waals surface area (Å²) in [5, 5.41) is 12.8. The monoisotopic (exact) mass is 283 g/mol. The fraction of sp³-hybridized carbons (Fsp3) is 0.533. The zero-order valence-corrected chi connectivity index (χ0v) is 12.5. The van der Waals surface area contributed by atoms with Crippen molar-refractivity contribution in [3.63, 3.8) is 0 Å². The third-order valence-corrected chi connectivity index (χ3v) is 2.97. The standard InChI is InChI=1S/C15H22ClNO2/c1-15(2,3)9-13(10-18)17-14(19)8-11-4-6-12(16)7-5-11/h4-7,13,18H,8-10H2,1-3H3,(H,17,19). The van der Waals surface area contributed by atoms with Crippen LogP contribution in [0.2, 0.25) is 5.02 Å². The molecule has 3 nitrogen and oxygen atoms in total. The van der Waals surface area contributed by atoms with Gasteiger partial charge in [-0.1, -0.05) is 44.5 Å². The van der Waals surface area contributed by atoms with Crippen molar-refractivity contribution in [2.24, 2.45) is 5.41 Å². The van der Waals surface area contributed by atoms with Crippen LogP contribution >= 0.6 is 11.6 Å². The van der Waals surface area contributed by atoms with Crippen LogP contribution in [0, 0.1) is 5.41 Å². The number of amides is 1. The average Bonchev–Trinajstić information content (AvgIpc) is 2.29. The molecule has 1 atom stereocenters. The van der Waals surface area contributed by atoms with Crippen LogP contribution in [0.4, 0.5) is 0 Å². The summed E-state index contributed by atoms with van der Waals surface area (Å²) in [6, 6.07) is 7.00. The van der Waals surface area contributed by atoms with E-state index in [9.17, 15) is 9.90 Å². The van der Waals surface area contributed by atoms with E-state index in [0.29, 0.717) is 11.4 Å². The normalized spacial score (nSPS) is 13.1. The SMILES string of the molecule is CC(C)(C)CC(CO)NC(=O)Cc1ccc(Cl)cc1. The highest BCUT2D eigenvalue weighted by Gasteiger charge is 2.19.